The lowest BCUT2D eigenvalue weighted by molar-refractivity contribution is 0.112. The van der Waals surface area contributed by atoms with Gasteiger partial charge in [0.05, 0.1) is 31.4 Å². The van der Waals surface area contributed by atoms with E-state index in [2.05, 4.69) is 0 Å². The molecule has 1 aromatic rings. The van der Waals surface area contributed by atoms with Crippen molar-refractivity contribution in [1.29, 1.82) is 5.26 Å². The minimum Gasteiger partial charge on any atom is -0.493 e. The quantitative estimate of drug-likeness (QED) is 0.677. The van der Waals surface area contributed by atoms with Crippen LogP contribution >= 0.6 is 0 Å². The maximum atomic E-state index is 10.7. The van der Waals surface area contributed by atoms with Gasteiger partial charge in [0.1, 0.15) is 0 Å². The van der Waals surface area contributed by atoms with Crippen LogP contribution in [0.5, 0.6) is 11.5 Å². The fourth-order valence-electron chi connectivity index (χ4n) is 1.15. The molecular weight excluding hydrogens is 182 g/mol. The number of carbonyl (C=O) groups is 1. The Kier molecular flexibility index (Phi) is 3.08. The molecular formula is C10H9NO3. The van der Waals surface area contributed by atoms with Gasteiger partial charge in [0.15, 0.2) is 17.8 Å². The van der Waals surface area contributed by atoms with Crippen molar-refractivity contribution in [3.8, 4) is 17.6 Å². The van der Waals surface area contributed by atoms with Gasteiger partial charge in [0.25, 0.3) is 0 Å². The molecule has 0 bridgehead atoms. The van der Waals surface area contributed by atoms with Gasteiger partial charge in [-0.2, -0.15) is 5.26 Å². The molecule has 0 radical (unpaired) electrons. The fraction of sp³-hybridized carbons (Fsp3) is 0.200. The summed E-state index contributed by atoms with van der Waals surface area (Å²) in [7, 11) is 2.89. The Hall–Kier alpha value is -2.02. The molecule has 1 aromatic carbocycles. The Morgan fingerprint density at radius 1 is 1.36 bits per heavy atom. The number of nitriles is 1. The highest BCUT2D eigenvalue weighted by Crippen LogP contribution is 2.31. The Labute approximate surface area is 81.7 Å². The van der Waals surface area contributed by atoms with Crippen LogP contribution in [-0.4, -0.2) is 20.5 Å². The zero-order valence-corrected chi connectivity index (χ0v) is 7.90. The molecule has 0 heterocycles. The van der Waals surface area contributed by atoms with Crippen molar-refractivity contribution in [2.45, 2.75) is 0 Å². The van der Waals surface area contributed by atoms with Crippen molar-refractivity contribution in [3.63, 3.8) is 0 Å². The summed E-state index contributed by atoms with van der Waals surface area (Å²) in [6.07, 6.45) is 0.627. The van der Waals surface area contributed by atoms with Gasteiger partial charge < -0.3 is 9.47 Å². The van der Waals surface area contributed by atoms with Crippen molar-refractivity contribution in [2.75, 3.05) is 14.2 Å². The van der Waals surface area contributed by atoms with E-state index in [0.29, 0.717) is 28.9 Å². The molecule has 0 aromatic heterocycles. The second-order valence-corrected chi connectivity index (χ2v) is 2.53. The molecule has 0 saturated carbocycles. The SMILES string of the molecule is COc1cc(C#N)cc(C=O)c1OC. The zero-order valence-electron chi connectivity index (χ0n) is 7.90. The summed E-state index contributed by atoms with van der Waals surface area (Å²) in [4.78, 5) is 10.7. The predicted molar refractivity (Wildman–Crippen MR) is 49.6 cm³/mol. The predicted octanol–water partition coefficient (Wildman–Crippen LogP) is 1.39. The average Bonchev–Trinajstić information content (AvgIpc) is 2.26. The smallest absolute Gasteiger partial charge is 0.171 e. The maximum absolute atomic E-state index is 10.7. The third kappa shape index (κ3) is 1.67. The van der Waals surface area contributed by atoms with Crippen LogP contribution < -0.4 is 9.47 Å². The minimum absolute atomic E-state index is 0.309. The van der Waals surface area contributed by atoms with E-state index >= 15 is 0 Å². The molecule has 0 amide bonds. The van der Waals surface area contributed by atoms with Crippen LogP contribution in [-0.2, 0) is 0 Å². The van der Waals surface area contributed by atoms with Gasteiger partial charge in [-0.25, -0.2) is 0 Å². The first-order chi connectivity index (χ1) is 6.76. The highest BCUT2D eigenvalue weighted by Gasteiger charge is 2.11. The molecule has 14 heavy (non-hydrogen) atoms. The lowest BCUT2D eigenvalue weighted by atomic mass is 10.1. The number of rotatable bonds is 3. The van der Waals surface area contributed by atoms with E-state index in [0.717, 1.165) is 0 Å². The summed E-state index contributed by atoms with van der Waals surface area (Å²) >= 11 is 0. The van der Waals surface area contributed by atoms with E-state index in [-0.39, 0.29) is 0 Å². The number of carbonyl (C=O) groups excluding carboxylic acids is 1. The highest BCUT2D eigenvalue weighted by atomic mass is 16.5. The highest BCUT2D eigenvalue weighted by molar-refractivity contribution is 5.82. The molecule has 72 valence electrons. The number of hydrogen-bond acceptors (Lipinski definition) is 4. The number of hydrogen-bond donors (Lipinski definition) is 0. The Bertz CT molecular complexity index is 393. The van der Waals surface area contributed by atoms with E-state index in [1.807, 2.05) is 6.07 Å². The van der Waals surface area contributed by atoms with Gasteiger partial charge >= 0.3 is 0 Å². The molecule has 0 aliphatic heterocycles. The molecule has 4 heteroatoms. The van der Waals surface area contributed by atoms with Gasteiger partial charge in [-0.05, 0) is 6.07 Å². The summed E-state index contributed by atoms with van der Waals surface area (Å²) in [6.45, 7) is 0. The number of aldehydes is 1. The average molecular weight is 191 g/mol. The van der Waals surface area contributed by atoms with Crippen LogP contribution in [0.4, 0.5) is 0 Å². The first-order valence-corrected chi connectivity index (χ1v) is 3.88. The van der Waals surface area contributed by atoms with E-state index in [4.69, 9.17) is 14.7 Å². The van der Waals surface area contributed by atoms with E-state index in [1.54, 1.807) is 0 Å². The molecule has 1 rings (SSSR count). The van der Waals surface area contributed by atoms with Crippen molar-refractivity contribution >= 4 is 6.29 Å². The second kappa shape index (κ2) is 4.28. The van der Waals surface area contributed by atoms with Crippen LogP contribution in [0.25, 0.3) is 0 Å². The van der Waals surface area contributed by atoms with Gasteiger partial charge in [0, 0.05) is 6.07 Å². The summed E-state index contributed by atoms with van der Waals surface area (Å²) < 4.78 is 9.98. The van der Waals surface area contributed by atoms with E-state index in [9.17, 15) is 4.79 Å². The molecule has 0 fully saturated rings. The van der Waals surface area contributed by atoms with E-state index in [1.165, 1.54) is 26.4 Å². The third-order valence-electron chi connectivity index (χ3n) is 1.76. The standard InChI is InChI=1S/C10H9NO3/c1-13-9-4-7(5-11)3-8(6-12)10(9)14-2/h3-4,6H,1-2H3. The Balaban J connectivity index is 3.41. The summed E-state index contributed by atoms with van der Waals surface area (Å²) in [5, 5.41) is 8.68. The minimum atomic E-state index is 0.309. The first-order valence-electron chi connectivity index (χ1n) is 3.88. The fourth-order valence-corrected chi connectivity index (χ4v) is 1.15. The summed E-state index contributed by atoms with van der Waals surface area (Å²) in [6, 6.07) is 4.91. The Morgan fingerprint density at radius 3 is 2.50 bits per heavy atom. The third-order valence-corrected chi connectivity index (χ3v) is 1.76. The molecule has 0 N–H and O–H groups in total. The van der Waals surface area contributed by atoms with Crippen molar-refractivity contribution in [1.82, 2.24) is 0 Å². The molecule has 0 spiro atoms. The van der Waals surface area contributed by atoms with Crippen LogP contribution in [0, 0.1) is 11.3 Å². The Morgan fingerprint density at radius 2 is 2.07 bits per heavy atom. The maximum Gasteiger partial charge on any atom is 0.171 e. The van der Waals surface area contributed by atoms with Gasteiger partial charge in [-0.15, -0.1) is 0 Å². The van der Waals surface area contributed by atoms with Crippen LogP contribution in [0.15, 0.2) is 12.1 Å². The lowest BCUT2D eigenvalue weighted by Gasteiger charge is -2.09. The topological polar surface area (TPSA) is 59.3 Å². The van der Waals surface area contributed by atoms with Gasteiger partial charge in [0.2, 0.25) is 0 Å². The molecule has 0 unspecified atom stereocenters. The van der Waals surface area contributed by atoms with Gasteiger partial charge in [-0.3, -0.25) is 4.79 Å². The van der Waals surface area contributed by atoms with Crippen LogP contribution in [0.1, 0.15) is 15.9 Å². The summed E-state index contributed by atoms with van der Waals surface area (Å²) in [5.74, 6) is 0.732. The first kappa shape index (κ1) is 10.1. The van der Waals surface area contributed by atoms with Gasteiger partial charge in [-0.1, -0.05) is 0 Å². The molecule has 0 saturated heterocycles. The normalized spacial score (nSPS) is 8.93. The van der Waals surface area contributed by atoms with E-state index < -0.39 is 0 Å². The number of methoxy groups -OCH3 is 2. The summed E-state index contributed by atoms with van der Waals surface area (Å²) in [5.41, 5.74) is 0.674. The number of ether oxygens (including phenoxy) is 2. The van der Waals surface area contributed by atoms with Crippen molar-refractivity contribution in [3.05, 3.63) is 23.3 Å². The molecule has 0 atom stereocenters. The van der Waals surface area contributed by atoms with Crippen LogP contribution in [0.3, 0.4) is 0 Å². The molecule has 0 aliphatic rings. The molecule has 0 aliphatic carbocycles. The number of nitrogens with zero attached hydrogens (tertiary/aromatic N) is 1. The zero-order chi connectivity index (χ0) is 10.6. The van der Waals surface area contributed by atoms with Crippen molar-refractivity contribution < 1.29 is 14.3 Å². The number of benzene rings is 1. The monoisotopic (exact) mass is 191 g/mol. The largest absolute Gasteiger partial charge is 0.493 e. The van der Waals surface area contributed by atoms with Crippen LogP contribution in [0.2, 0.25) is 0 Å². The van der Waals surface area contributed by atoms with Crippen molar-refractivity contribution in [2.24, 2.45) is 0 Å². The lowest BCUT2D eigenvalue weighted by Crippen LogP contribution is -1.96. The second-order valence-electron chi connectivity index (χ2n) is 2.53. The molecule has 4 nitrogen and oxygen atoms in total.